The fourth-order valence-electron chi connectivity index (χ4n) is 1.25. The first-order chi connectivity index (χ1) is 7.61. The van der Waals surface area contributed by atoms with E-state index in [9.17, 15) is 0 Å². The Labute approximate surface area is 105 Å². The Morgan fingerprint density at radius 3 is 2.06 bits per heavy atom. The third-order valence-corrected chi connectivity index (χ3v) is 6.78. The van der Waals surface area contributed by atoms with E-state index in [1.807, 2.05) is 13.8 Å². The molecule has 0 saturated carbocycles. The molecule has 0 saturated heterocycles. The zero-order valence-corrected chi connectivity index (χ0v) is 12.6. The Hall–Kier alpha value is 0.530. The first kappa shape index (κ1) is 16.5. The van der Waals surface area contributed by atoms with Crippen LogP contribution in [0.25, 0.3) is 0 Å². The van der Waals surface area contributed by atoms with Crippen LogP contribution in [0, 0.1) is 0 Å². The highest BCUT2D eigenvalue weighted by Gasteiger charge is 2.16. The minimum absolute atomic E-state index is 0.0189. The Bertz CT molecular complexity index is 203. The molecule has 0 N–H and O–H groups in total. The maximum atomic E-state index is 5.86. The quantitative estimate of drug-likeness (QED) is 0.569. The molecule has 0 bridgehead atoms. The second kappa shape index (κ2) is 9.55. The molecule has 0 aliphatic carbocycles. The summed E-state index contributed by atoms with van der Waals surface area (Å²) in [4.78, 5) is 0. The topological polar surface area (TPSA) is 27.7 Å². The van der Waals surface area contributed by atoms with E-state index in [0.717, 1.165) is 12.3 Å². The van der Waals surface area contributed by atoms with Crippen LogP contribution in [0.3, 0.4) is 0 Å². The monoisotopic (exact) mass is 268 g/mol. The van der Waals surface area contributed by atoms with Crippen LogP contribution in [0.2, 0.25) is 0 Å². The highest BCUT2D eigenvalue weighted by molar-refractivity contribution is 8.12. The van der Waals surface area contributed by atoms with Crippen LogP contribution in [0.4, 0.5) is 0 Å². The van der Waals surface area contributed by atoms with Crippen LogP contribution in [-0.2, 0) is 25.8 Å². The lowest BCUT2D eigenvalue weighted by Crippen LogP contribution is -2.25. The second-order valence-corrected chi connectivity index (χ2v) is 8.63. The van der Waals surface area contributed by atoms with Crippen LogP contribution < -0.4 is 0 Å². The summed E-state index contributed by atoms with van der Waals surface area (Å²) in [6.07, 6.45) is 0.327. The van der Waals surface area contributed by atoms with Gasteiger partial charge in [-0.25, -0.2) is 0 Å². The molecule has 0 spiro atoms. The molecule has 1 unspecified atom stereocenters. The van der Waals surface area contributed by atoms with Gasteiger partial charge in [-0.1, -0.05) is 25.7 Å². The van der Waals surface area contributed by atoms with E-state index in [1.54, 1.807) is 0 Å². The fraction of sp³-hybridized carbons (Fsp3) is 1.00. The van der Waals surface area contributed by atoms with Gasteiger partial charge in [-0.05, 0) is 26.2 Å². The van der Waals surface area contributed by atoms with Crippen LogP contribution in [0.15, 0.2) is 0 Å². The average Bonchev–Trinajstić information content (AvgIpc) is 2.32. The summed E-state index contributed by atoms with van der Waals surface area (Å²) in [5.41, 5.74) is 0. The molecule has 3 nitrogen and oxygen atoms in total. The first-order valence-electron chi connectivity index (χ1n) is 6.03. The van der Waals surface area contributed by atoms with E-state index in [0.29, 0.717) is 26.4 Å². The molecule has 0 radical (unpaired) electrons. The number of rotatable bonds is 10. The maximum Gasteiger partial charge on any atom is 0.104 e. The lowest BCUT2D eigenvalue weighted by molar-refractivity contribution is -0.0285. The highest BCUT2D eigenvalue weighted by atomic mass is 32.4. The second-order valence-electron chi connectivity index (χ2n) is 3.48. The number of ether oxygens (including phenoxy) is 2. The molecule has 0 aromatic carbocycles. The zero-order valence-electron chi connectivity index (χ0n) is 10.9. The van der Waals surface area contributed by atoms with E-state index in [-0.39, 0.29) is 6.10 Å². The van der Waals surface area contributed by atoms with Crippen molar-refractivity contribution in [2.75, 3.05) is 38.8 Å². The molecule has 0 aliphatic heterocycles. The van der Waals surface area contributed by atoms with Gasteiger partial charge in [0.25, 0.3) is 0 Å². The predicted molar refractivity (Wildman–Crippen MR) is 73.2 cm³/mol. The molecule has 0 rings (SSSR count). The lowest BCUT2D eigenvalue weighted by atomic mass is 10.4. The SMILES string of the molecule is CCOCC(COP(=S)(CC)CC)OCC. The van der Waals surface area contributed by atoms with Gasteiger partial charge in [0.15, 0.2) is 0 Å². The van der Waals surface area contributed by atoms with E-state index < -0.39 is 6.26 Å². The van der Waals surface area contributed by atoms with Crippen molar-refractivity contribution < 1.29 is 14.0 Å². The highest BCUT2D eigenvalue weighted by Crippen LogP contribution is 2.46. The van der Waals surface area contributed by atoms with Crippen LogP contribution >= 0.6 is 6.26 Å². The van der Waals surface area contributed by atoms with Crippen molar-refractivity contribution in [3.05, 3.63) is 0 Å². The summed E-state index contributed by atoms with van der Waals surface area (Å²) in [7, 11) is 0. The van der Waals surface area contributed by atoms with Crippen LogP contribution in [-0.4, -0.2) is 44.9 Å². The molecule has 5 heteroatoms. The van der Waals surface area contributed by atoms with E-state index in [4.69, 9.17) is 25.8 Å². The molecular weight excluding hydrogens is 243 g/mol. The summed E-state index contributed by atoms with van der Waals surface area (Å²) in [6, 6.07) is 0. The lowest BCUT2D eigenvalue weighted by Gasteiger charge is -2.23. The van der Waals surface area contributed by atoms with Gasteiger partial charge in [0, 0.05) is 13.2 Å². The minimum Gasteiger partial charge on any atom is -0.379 e. The van der Waals surface area contributed by atoms with Gasteiger partial charge in [-0.2, -0.15) is 0 Å². The van der Waals surface area contributed by atoms with E-state index in [1.165, 1.54) is 0 Å². The van der Waals surface area contributed by atoms with Crippen molar-refractivity contribution in [1.82, 2.24) is 0 Å². The van der Waals surface area contributed by atoms with Crippen molar-refractivity contribution >= 4 is 18.1 Å². The molecule has 0 heterocycles. The van der Waals surface area contributed by atoms with Crippen molar-refractivity contribution in [1.29, 1.82) is 0 Å². The fourth-order valence-corrected chi connectivity index (χ4v) is 2.69. The molecule has 0 aliphatic rings. The number of hydrogen-bond donors (Lipinski definition) is 0. The molecule has 0 fully saturated rings. The van der Waals surface area contributed by atoms with Gasteiger partial charge < -0.3 is 14.0 Å². The molecule has 98 valence electrons. The summed E-state index contributed by atoms with van der Waals surface area (Å²) >= 11 is 5.51. The zero-order chi connectivity index (χ0) is 12.4. The third kappa shape index (κ3) is 6.97. The Morgan fingerprint density at radius 1 is 1.00 bits per heavy atom. The van der Waals surface area contributed by atoms with Crippen molar-refractivity contribution in [3.63, 3.8) is 0 Å². The summed E-state index contributed by atoms with van der Waals surface area (Å²) in [5, 5.41) is 0. The van der Waals surface area contributed by atoms with Gasteiger partial charge >= 0.3 is 0 Å². The van der Waals surface area contributed by atoms with Gasteiger partial charge in [0.2, 0.25) is 0 Å². The van der Waals surface area contributed by atoms with Crippen molar-refractivity contribution in [3.8, 4) is 0 Å². The van der Waals surface area contributed by atoms with Crippen molar-refractivity contribution in [2.45, 2.75) is 33.8 Å². The molecular formula is C11H25O3PS. The Kier molecular flexibility index (Phi) is 9.87. The Morgan fingerprint density at radius 2 is 1.62 bits per heavy atom. The maximum absolute atomic E-state index is 5.86. The summed E-state index contributed by atoms with van der Waals surface area (Å²) in [6.45, 7) is 10.7. The standard InChI is InChI=1S/C11H25O3PS/c1-5-12-9-11(13-6-2)10-14-15(16,7-3)8-4/h11H,5-10H2,1-4H3. The normalized spacial score (nSPS) is 14.0. The summed E-state index contributed by atoms with van der Waals surface area (Å²) in [5.74, 6) is 0. The Balaban J connectivity index is 4.03. The van der Waals surface area contributed by atoms with Crippen LogP contribution in [0.1, 0.15) is 27.7 Å². The molecule has 16 heavy (non-hydrogen) atoms. The van der Waals surface area contributed by atoms with E-state index in [2.05, 4.69) is 13.8 Å². The third-order valence-electron chi connectivity index (χ3n) is 2.37. The summed E-state index contributed by atoms with van der Waals surface area (Å²) < 4.78 is 16.8. The molecule has 0 amide bonds. The van der Waals surface area contributed by atoms with Gasteiger partial charge in [-0.3, -0.25) is 0 Å². The molecule has 0 aromatic rings. The predicted octanol–water partition coefficient (Wildman–Crippen LogP) is 2.88. The molecule has 1 atom stereocenters. The smallest absolute Gasteiger partial charge is 0.104 e. The van der Waals surface area contributed by atoms with Gasteiger partial charge in [0.05, 0.1) is 19.5 Å². The first-order valence-corrected chi connectivity index (χ1v) is 9.12. The average molecular weight is 268 g/mol. The van der Waals surface area contributed by atoms with Crippen molar-refractivity contribution in [2.24, 2.45) is 0 Å². The largest absolute Gasteiger partial charge is 0.379 e. The molecule has 0 aromatic heterocycles. The van der Waals surface area contributed by atoms with E-state index >= 15 is 0 Å². The number of hydrogen-bond acceptors (Lipinski definition) is 4. The minimum atomic E-state index is -1.59. The van der Waals surface area contributed by atoms with Gasteiger partial charge in [-0.15, -0.1) is 0 Å². The van der Waals surface area contributed by atoms with Gasteiger partial charge in [0.1, 0.15) is 6.10 Å². The van der Waals surface area contributed by atoms with Crippen LogP contribution in [0.5, 0.6) is 0 Å².